The van der Waals surface area contributed by atoms with Crippen LogP contribution in [0, 0.1) is 6.92 Å². The van der Waals surface area contributed by atoms with Crippen molar-refractivity contribution in [3.8, 4) is 0 Å². The van der Waals surface area contributed by atoms with Gasteiger partial charge in [-0.1, -0.05) is 30.3 Å². The van der Waals surface area contributed by atoms with Gasteiger partial charge in [-0.15, -0.1) is 0 Å². The summed E-state index contributed by atoms with van der Waals surface area (Å²) in [6, 6.07) is 12.8. The number of aliphatic hydroxyl groups is 1. The molecule has 2 rings (SSSR count). The molecule has 2 atom stereocenters. The molecule has 0 bridgehead atoms. The molecule has 0 aliphatic heterocycles. The molecule has 1 aromatic heterocycles. The van der Waals surface area contributed by atoms with Crippen LogP contribution >= 0.6 is 0 Å². The topological polar surface area (TPSA) is 62.2 Å². The Kier molecular flexibility index (Phi) is 5.06. The summed E-state index contributed by atoms with van der Waals surface area (Å²) in [5.41, 5.74) is 2.13. The van der Waals surface area contributed by atoms with Crippen LogP contribution in [-0.2, 0) is 0 Å². The number of carbonyl (C=O) groups excluding carboxylic acids is 1. The van der Waals surface area contributed by atoms with Gasteiger partial charge in [0.05, 0.1) is 11.7 Å². The number of nitrogens with one attached hydrogen (secondary N) is 1. The maximum absolute atomic E-state index is 12.2. The molecule has 21 heavy (non-hydrogen) atoms. The van der Waals surface area contributed by atoms with Crippen molar-refractivity contribution in [2.75, 3.05) is 0 Å². The van der Waals surface area contributed by atoms with Crippen LogP contribution in [0.2, 0.25) is 0 Å². The van der Waals surface area contributed by atoms with Gasteiger partial charge in [-0.25, -0.2) is 0 Å². The standard InChI is InChI=1S/C17H20N2O2/c1-12(11-16(20)14-7-4-3-5-8-14)19-17(21)15-9-6-10-18-13(15)2/h3-10,12,16,20H,11H2,1-2H3,(H,19,21). The summed E-state index contributed by atoms with van der Waals surface area (Å²) in [6.07, 6.45) is 1.54. The highest BCUT2D eigenvalue weighted by Gasteiger charge is 2.16. The van der Waals surface area contributed by atoms with Crippen molar-refractivity contribution in [3.05, 3.63) is 65.5 Å². The van der Waals surface area contributed by atoms with Crippen LogP contribution in [0.4, 0.5) is 0 Å². The lowest BCUT2D eigenvalue weighted by Gasteiger charge is -2.18. The van der Waals surface area contributed by atoms with Gasteiger partial charge in [0.1, 0.15) is 0 Å². The van der Waals surface area contributed by atoms with Crippen LogP contribution in [-0.4, -0.2) is 22.0 Å². The minimum atomic E-state index is -0.587. The van der Waals surface area contributed by atoms with E-state index in [4.69, 9.17) is 0 Å². The second-order valence-corrected chi connectivity index (χ2v) is 5.17. The second-order valence-electron chi connectivity index (χ2n) is 5.17. The summed E-state index contributed by atoms with van der Waals surface area (Å²) in [6.45, 7) is 3.69. The fraction of sp³-hybridized carbons (Fsp3) is 0.294. The van der Waals surface area contributed by atoms with Gasteiger partial charge in [-0.2, -0.15) is 0 Å². The Morgan fingerprint density at radius 1 is 1.24 bits per heavy atom. The molecule has 1 aromatic carbocycles. The SMILES string of the molecule is Cc1ncccc1C(=O)NC(C)CC(O)c1ccccc1. The average molecular weight is 284 g/mol. The lowest BCUT2D eigenvalue weighted by atomic mass is 10.0. The number of benzene rings is 1. The van der Waals surface area contributed by atoms with Gasteiger partial charge in [0.15, 0.2) is 0 Å². The van der Waals surface area contributed by atoms with Crippen LogP contribution in [0.25, 0.3) is 0 Å². The number of aromatic nitrogens is 1. The van der Waals surface area contributed by atoms with Crippen molar-refractivity contribution >= 4 is 5.91 Å². The fourth-order valence-corrected chi connectivity index (χ4v) is 2.23. The molecule has 0 fully saturated rings. The number of aliphatic hydroxyl groups excluding tert-OH is 1. The van der Waals surface area contributed by atoms with Gasteiger partial charge in [-0.3, -0.25) is 9.78 Å². The van der Waals surface area contributed by atoms with Crippen molar-refractivity contribution in [3.63, 3.8) is 0 Å². The van der Waals surface area contributed by atoms with Crippen LogP contribution in [0.1, 0.15) is 41.1 Å². The summed E-state index contributed by atoms with van der Waals surface area (Å²) in [4.78, 5) is 16.3. The van der Waals surface area contributed by atoms with E-state index in [1.807, 2.05) is 37.3 Å². The van der Waals surface area contributed by atoms with E-state index in [0.29, 0.717) is 17.7 Å². The molecule has 2 unspecified atom stereocenters. The van der Waals surface area contributed by atoms with Crippen molar-refractivity contribution in [1.29, 1.82) is 0 Å². The molecule has 110 valence electrons. The third kappa shape index (κ3) is 4.13. The smallest absolute Gasteiger partial charge is 0.253 e. The predicted molar refractivity (Wildman–Crippen MR) is 81.9 cm³/mol. The first kappa shape index (κ1) is 15.2. The number of nitrogens with zero attached hydrogens (tertiary/aromatic N) is 1. The van der Waals surface area contributed by atoms with E-state index >= 15 is 0 Å². The number of hydrogen-bond donors (Lipinski definition) is 2. The fourth-order valence-electron chi connectivity index (χ4n) is 2.23. The van der Waals surface area contributed by atoms with Crippen LogP contribution in [0.3, 0.4) is 0 Å². The van der Waals surface area contributed by atoms with Crippen LogP contribution in [0.5, 0.6) is 0 Å². The van der Waals surface area contributed by atoms with Gasteiger partial charge < -0.3 is 10.4 Å². The Bertz CT molecular complexity index is 599. The first-order valence-corrected chi connectivity index (χ1v) is 7.03. The maximum atomic E-state index is 12.2. The third-order valence-corrected chi connectivity index (χ3v) is 3.39. The molecule has 2 N–H and O–H groups in total. The largest absolute Gasteiger partial charge is 0.388 e. The van der Waals surface area contributed by atoms with Crippen LogP contribution in [0.15, 0.2) is 48.7 Å². The normalized spacial score (nSPS) is 13.5. The lowest BCUT2D eigenvalue weighted by Crippen LogP contribution is -2.34. The van der Waals surface area contributed by atoms with Gasteiger partial charge in [0, 0.05) is 17.9 Å². The minimum Gasteiger partial charge on any atom is -0.388 e. The molecule has 0 aliphatic carbocycles. The first-order valence-electron chi connectivity index (χ1n) is 7.03. The van der Waals surface area contributed by atoms with E-state index in [9.17, 15) is 9.90 Å². The quantitative estimate of drug-likeness (QED) is 0.887. The van der Waals surface area contributed by atoms with Gasteiger partial charge in [0.2, 0.25) is 0 Å². The highest BCUT2D eigenvalue weighted by Crippen LogP contribution is 2.18. The van der Waals surface area contributed by atoms with E-state index in [-0.39, 0.29) is 11.9 Å². The number of amides is 1. The molecule has 4 nitrogen and oxygen atoms in total. The van der Waals surface area contributed by atoms with Gasteiger partial charge >= 0.3 is 0 Å². The highest BCUT2D eigenvalue weighted by molar-refractivity contribution is 5.95. The monoisotopic (exact) mass is 284 g/mol. The highest BCUT2D eigenvalue weighted by atomic mass is 16.3. The molecule has 0 radical (unpaired) electrons. The van der Waals surface area contributed by atoms with Crippen molar-refractivity contribution in [2.45, 2.75) is 32.4 Å². The molecule has 1 amide bonds. The number of carbonyl (C=O) groups is 1. The van der Waals surface area contributed by atoms with Crippen molar-refractivity contribution < 1.29 is 9.90 Å². The average Bonchev–Trinajstić information content (AvgIpc) is 2.48. The molecular weight excluding hydrogens is 264 g/mol. The summed E-state index contributed by atoms with van der Waals surface area (Å²) in [5, 5.41) is 13.1. The number of rotatable bonds is 5. The maximum Gasteiger partial charge on any atom is 0.253 e. The van der Waals surface area contributed by atoms with Gasteiger partial charge in [-0.05, 0) is 38.0 Å². The lowest BCUT2D eigenvalue weighted by molar-refractivity contribution is 0.0916. The summed E-state index contributed by atoms with van der Waals surface area (Å²) in [5.74, 6) is -0.159. The van der Waals surface area contributed by atoms with E-state index in [0.717, 1.165) is 5.56 Å². The molecule has 1 heterocycles. The zero-order chi connectivity index (χ0) is 15.2. The first-order chi connectivity index (χ1) is 10.1. The van der Waals surface area contributed by atoms with Crippen molar-refractivity contribution in [1.82, 2.24) is 10.3 Å². The number of aryl methyl sites for hydroxylation is 1. The Labute approximate surface area is 124 Å². The Hall–Kier alpha value is -2.20. The van der Waals surface area contributed by atoms with E-state index in [1.165, 1.54) is 0 Å². The second kappa shape index (κ2) is 6.99. The van der Waals surface area contributed by atoms with E-state index in [2.05, 4.69) is 10.3 Å². The zero-order valence-electron chi connectivity index (χ0n) is 12.3. The Balaban J connectivity index is 1.94. The molecule has 0 aliphatic rings. The molecule has 2 aromatic rings. The number of pyridine rings is 1. The van der Waals surface area contributed by atoms with Crippen LogP contribution < -0.4 is 5.32 Å². The Morgan fingerprint density at radius 3 is 2.62 bits per heavy atom. The minimum absolute atomic E-state index is 0.132. The summed E-state index contributed by atoms with van der Waals surface area (Å²) < 4.78 is 0. The predicted octanol–water partition coefficient (Wildman–Crippen LogP) is 2.63. The van der Waals surface area contributed by atoms with Crippen molar-refractivity contribution in [2.24, 2.45) is 0 Å². The zero-order valence-corrected chi connectivity index (χ0v) is 12.3. The molecule has 0 spiro atoms. The molecular formula is C17H20N2O2. The molecule has 0 saturated carbocycles. The molecule has 4 heteroatoms. The van der Waals surface area contributed by atoms with Gasteiger partial charge in [0.25, 0.3) is 5.91 Å². The van der Waals surface area contributed by atoms with E-state index in [1.54, 1.807) is 25.3 Å². The Morgan fingerprint density at radius 2 is 1.95 bits per heavy atom. The molecule has 0 saturated heterocycles. The summed E-state index contributed by atoms with van der Waals surface area (Å²) in [7, 11) is 0. The van der Waals surface area contributed by atoms with E-state index < -0.39 is 6.10 Å². The third-order valence-electron chi connectivity index (χ3n) is 3.39. The summed E-state index contributed by atoms with van der Waals surface area (Å²) >= 11 is 0. The number of hydrogen-bond acceptors (Lipinski definition) is 3.